The van der Waals surface area contributed by atoms with Crippen LogP contribution in [0.25, 0.3) is 0 Å². The molecule has 4 heteroatoms. The van der Waals surface area contributed by atoms with Gasteiger partial charge in [-0.25, -0.2) is 4.79 Å². The van der Waals surface area contributed by atoms with Gasteiger partial charge in [0.2, 0.25) is 0 Å². The number of hydrogen-bond donors (Lipinski definition) is 3. The Kier molecular flexibility index (Phi) is 4.97. The minimum atomic E-state index is -0.334. The molecule has 0 heterocycles. The fourth-order valence-corrected chi connectivity index (χ4v) is 1.81. The lowest BCUT2D eigenvalue weighted by Crippen LogP contribution is -2.20. The SMILES string of the molecule is Cc1ccc(C#CCO)c(NC(=O)Nc2ccccc2)c1. The lowest BCUT2D eigenvalue weighted by Gasteiger charge is -2.10. The van der Waals surface area contributed by atoms with Crippen LogP contribution in [0.15, 0.2) is 48.5 Å². The van der Waals surface area contributed by atoms with Crippen molar-refractivity contribution in [1.29, 1.82) is 0 Å². The highest BCUT2D eigenvalue weighted by molar-refractivity contribution is 6.00. The molecule has 0 bridgehead atoms. The van der Waals surface area contributed by atoms with E-state index in [1.807, 2.05) is 55.5 Å². The zero-order chi connectivity index (χ0) is 15.1. The van der Waals surface area contributed by atoms with Crippen LogP contribution in [0.1, 0.15) is 11.1 Å². The summed E-state index contributed by atoms with van der Waals surface area (Å²) in [6.45, 7) is 1.72. The van der Waals surface area contributed by atoms with E-state index >= 15 is 0 Å². The molecule has 0 unspecified atom stereocenters. The van der Waals surface area contributed by atoms with Gasteiger partial charge in [-0.2, -0.15) is 0 Å². The molecule has 0 aliphatic carbocycles. The van der Waals surface area contributed by atoms with Gasteiger partial charge < -0.3 is 15.7 Å². The first-order valence-electron chi connectivity index (χ1n) is 6.52. The van der Waals surface area contributed by atoms with Crippen LogP contribution >= 0.6 is 0 Å². The third kappa shape index (κ3) is 4.37. The molecule has 0 saturated heterocycles. The van der Waals surface area contributed by atoms with Crippen LogP contribution in [0.3, 0.4) is 0 Å². The number of carbonyl (C=O) groups excluding carboxylic acids is 1. The van der Waals surface area contributed by atoms with Crippen LogP contribution in [-0.2, 0) is 0 Å². The van der Waals surface area contributed by atoms with E-state index in [2.05, 4.69) is 22.5 Å². The molecule has 0 atom stereocenters. The van der Waals surface area contributed by atoms with Crippen molar-refractivity contribution in [3.63, 3.8) is 0 Å². The molecule has 4 nitrogen and oxygen atoms in total. The lowest BCUT2D eigenvalue weighted by atomic mass is 10.1. The van der Waals surface area contributed by atoms with E-state index < -0.39 is 0 Å². The second-order valence-electron chi connectivity index (χ2n) is 4.45. The van der Waals surface area contributed by atoms with E-state index in [4.69, 9.17) is 5.11 Å². The van der Waals surface area contributed by atoms with Crippen molar-refractivity contribution in [2.75, 3.05) is 17.2 Å². The summed E-state index contributed by atoms with van der Waals surface area (Å²) in [5.74, 6) is 5.40. The van der Waals surface area contributed by atoms with Gasteiger partial charge >= 0.3 is 6.03 Å². The number of rotatable bonds is 2. The van der Waals surface area contributed by atoms with Gasteiger partial charge in [-0.3, -0.25) is 0 Å². The Balaban J connectivity index is 2.14. The van der Waals surface area contributed by atoms with Gasteiger partial charge in [-0.15, -0.1) is 0 Å². The normalized spacial score (nSPS) is 9.43. The number of benzene rings is 2. The standard InChI is InChI=1S/C17H16N2O2/c1-13-9-10-14(6-5-11-20)16(12-13)19-17(21)18-15-7-3-2-4-8-15/h2-4,7-10,12,20H,11H2,1H3,(H2,18,19,21). The van der Waals surface area contributed by atoms with Crippen molar-refractivity contribution in [3.8, 4) is 11.8 Å². The van der Waals surface area contributed by atoms with Gasteiger partial charge in [0, 0.05) is 11.3 Å². The van der Waals surface area contributed by atoms with E-state index in [1.54, 1.807) is 0 Å². The summed E-state index contributed by atoms with van der Waals surface area (Å²) in [6.07, 6.45) is 0. The number of aliphatic hydroxyl groups is 1. The number of amides is 2. The lowest BCUT2D eigenvalue weighted by molar-refractivity contribution is 0.262. The molecule has 3 N–H and O–H groups in total. The number of anilines is 2. The van der Waals surface area contributed by atoms with Gasteiger partial charge in [-0.05, 0) is 36.8 Å². The molecular formula is C17H16N2O2. The predicted molar refractivity (Wildman–Crippen MR) is 84.2 cm³/mol. The number of aryl methyl sites for hydroxylation is 1. The number of para-hydroxylation sites is 1. The van der Waals surface area contributed by atoms with Crippen LogP contribution < -0.4 is 10.6 Å². The summed E-state index contributed by atoms with van der Waals surface area (Å²) in [4.78, 5) is 12.0. The number of carbonyl (C=O) groups is 1. The predicted octanol–water partition coefficient (Wildman–Crippen LogP) is 2.98. The van der Waals surface area contributed by atoms with E-state index in [0.717, 1.165) is 5.56 Å². The molecule has 106 valence electrons. The molecule has 2 rings (SSSR count). The first kappa shape index (κ1) is 14.6. The van der Waals surface area contributed by atoms with Gasteiger partial charge in [0.15, 0.2) is 0 Å². The highest BCUT2D eigenvalue weighted by atomic mass is 16.2. The smallest absolute Gasteiger partial charge is 0.323 e. The summed E-state index contributed by atoms with van der Waals surface area (Å²) < 4.78 is 0. The molecule has 0 radical (unpaired) electrons. The van der Waals surface area contributed by atoms with Crippen LogP contribution in [0, 0.1) is 18.8 Å². The van der Waals surface area contributed by atoms with Gasteiger partial charge in [0.25, 0.3) is 0 Å². The van der Waals surface area contributed by atoms with Crippen molar-refractivity contribution < 1.29 is 9.90 Å². The monoisotopic (exact) mass is 280 g/mol. The van der Waals surface area contributed by atoms with Crippen molar-refractivity contribution in [2.45, 2.75) is 6.92 Å². The van der Waals surface area contributed by atoms with E-state index in [9.17, 15) is 4.79 Å². The van der Waals surface area contributed by atoms with Crippen LogP contribution in [0.4, 0.5) is 16.2 Å². The van der Waals surface area contributed by atoms with Crippen molar-refractivity contribution in [2.24, 2.45) is 0 Å². The first-order chi connectivity index (χ1) is 10.2. The second-order valence-corrected chi connectivity index (χ2v) is 4.45. The molecule has 2 amide bonds. The molecular weight excluding hydrogens is 264 g/mol. The molecule has 0 aliphatic rings. The molecule has 2 aromatic rings. The van der Waals surface area contributed by atoms with Crippen LogP contribution in [-0.4, -0.2) is 17.7 Å². The maximum absolute atomic E-state index is 12.0. The number of urea groups is 1. The third-order valence-electron chi connectivity index (χ3n) is 2.76. The van der Waals surface area contributed by atoms with Gasteiger partial charge in [0.1, 0.15) is 6.61 Å². The molecule has 0 spiro atoms. The maximum atomic E-state index is 12.0. The van der Waals surface area contributed by atoms with Crippen LogP contribution in [0.5, 0.6) is 0 Å². The van der Waals surface area contributed by atoms with Crippen molar-refractivity contribution in [3.05, 3.63) is 59.7 Å². The zero-order valence-electron chi connectivity index (χ0n) is 11.7. The summed E-state index contributed by atoms with van der Waals surface area (Å²) in [6, 6.07) is 14.4. The fraction of sp³-hybridized carbons (Fsp3) is 0.118. The second kappa shape index (κ2) is 7.13. The summed E-state index contributed by atoms with van der Waals surface area (Å²) in [5, 5.41) is 14.3. The maximum Gasteiger partial charge on any atom is 0.323 e. The van der Waals surface area contributed by atoms with Gasteiger partial charge in [0.05, 0.1) is 5.69 Å². The van der Waals surface area contributed by atoms with Crippen molar-refractivity contribution >= 4 is 17.4 Å². The third-order valence-corrected chi connectivity index (χ3v) is 2.76. The van der Waals surface area contributed by atoms with E-state index in [1.165, 1.54) is 0 Å². The molecule has 2 aromatic carbocycles. The minimum absolute atomic E-state index is 0.219. The van der Waals surface area contributed by atoms with E-state index in [0.29, 0.717) is 16.9 Å². The van der Waals surface area contributed by atoms with Crippen LogP contribution in [0.2, 0.25) is 0 Å². The largest absolute Gasteiger partial charge is 0.384 e. The molecule has 0 aliphatic heterocycles. The molecule has 21 heavy (non-hydrogen) atoms. The Labute approximate surface area is 123 Å². The summed E-state index contributed by atoms with van der Waals surface area (Å²) in [7, 11) is 0. The Morgan fingerprint density at radius 2 is 1.90 bits per heavy atom. The number of aliphatic hydroxyl groups excluding tert-OH is 1. The Morgan fingerprint density at radius 1 is 1.14 bits per heavy atom. The Morgan fingerprint density at radius 3 is 2.62 bits per heavy atom. The zero-order valence-corrected chi connectivity index (χ0v) is 11.7. The Hall–Kier alpha value is -2.77. The molecule has 0 saturated carbocycles. The highest BCUT2D eigenvalue weighted by Crippen LogP contribution is 2.17. The number of nitrogens with one attached hydrogen (secondary N) is 2. The van der Waals surface area contributed by atoms with E-state index in [-0.39, 0.29) is 12.6 Å². The average molecular weight is 280 g/mol. The van der Waals surface area contributed by atoms with Crippen molar-refractivity contribution in [1.82, 2.24) is 0 Å². The fourth-order valence-electron chi connectivity index (χ4n) is 1.81. The quantitative estimate of drug-likeness (QED) is 0.741. The highest BCUT2D eigenvalue weighted by Gasteiger charge is 2.06. The molecule has 0 aromatic heterocycles. The summed E-state index contributed by atoms with van der Waals surface area (Å²) >= 11 is 0. The topological polar surface area (TPSA) is 61.4 Å². The Bertz CT molecular complexity index is 685. The molecule has 0 fully saturated rings. The summed E-state index contributed by atoms with van der Waals surface area (Å²) in [5.41, 5.74) is 3.01. The number of hydrogen-bond acceptors (Lipinski definition) is 2. The van der Waals surface area contributed by atoms with Gasteiger partial charge in [-0.1, -0.05) is 36.1 Å². The average Bonchev–Trinajstić information content (AvgIpc) is 2.47. The first-order valence-corrected chi connectivity index (χ1v) is 6.52. The minimum Gasteiger partial charge on any atom is -0.384 e.